The first-order valence-electron chi connectivity index (χ1n) is 12.9. The molecule has 0 N–H and O–H groups in total. The lowest BCUT2D eigenvalue weighted by Crippen LogP contribution is -2.45. The molecule has 5 rings (SSSR count). The topological polar surface area (TPSA) is 66.0 Å². The number of likely N-dealkylation sites (tertiary alicyclic amines) is 1. The molecule has 2 aromatic carbocycles. The van der Waals surface area contributed by atoms with Gasteiger partial charge in [-0.25, -0.2) is 18.6 Å². The molecule has 3 aromatic rings. The molecule has 0 aliphatic carbocycles. The van der Waals surface area contributed by atoms with Crippen molar-refractivity contribution in [3.05, 3.63) is 89.1 Å². The zero-order valence-electron chi connectivity index (χ0n) is 21.5. The number of hydrogen-bond donors (Lipinski definition) is 0. The summed E-state index contributed by atoms with van der Waals surface area (Å²) in [6.45, 7) is 2.12. The lowest BCUT2D eigenvalue weighted by Gasteiger charge is -2.34. The Morgan fingerprint density at radius 3 is 2.26 bits per heavy atom. The Labute approximate surface area is 230 Å². The van der Waals surface area contributed by atoms with Crippen LogP contribution in [0.1, 0.15) is 24.3 Å². The summed E-state index contributed by atoms with van der Waals surface area (Å²) in [5.41, 5.74) is 0.971. The largest absolute Gasteiger partial charge is 0.415 e. The zero-order valence-corrected chi connectivity index (χ0v) is 22.2. The maximum atomic E-state index is 13.6. The van der Waals surface area contributed by atoms with Crippen LogP contribution in [0.15, 0.2) is 66.9 Å². The Kier molecular flexibility index (Phi) is 7.97. The summed E-state index contributed by atoms with van der Waals surface area (Å²) in [4.78, 5) is 36.2. The van der Waals surface area contributed by atoms with Crippen molar-refractivity contribution in [3.8, 4) is 5.75 Å². The van der Waals surface area contributed by atoms with Crippen LogP contribution in [0.2, 0.25) is 5.02 Å². The predicted molar refractivity (Wildman–Crippen MR) is 144 cm³/mol. The van der Waals surface area contributed by atoms with Gasteiger partial charge < -0.3 is 19.4 Å². The molecule has 2 fully saturated rings. The molecule has 3 heterocycles. The van der Waals surface area contributed by atoms with E-state index in [0.29, 0.717) is 49.9 Å². The first-order chi connectivity index (χ1) is 18.8. The summed E-state index contributed by atoms with van der Waals surface area (Å²) in [5, 5.41) is 0.604. The number of nitrogens with zero attached hydrogens (tertiary/aromatic N) is 4. The van der Waals surface area contributed by atoms with Crippen LogP contribution in [-0.2, 0) is 4.79 Å². The number of likely N-dealkylation sites (N-methyl/N-ethyl adjacent to an activating group) is 1. The fourth-order valence-corrected chi connectivity index (χ4v) is 5.50. The minimum atomic E-state index is -0.583. The van der Waals surface area contributed by atoms with E-state index >= 15 is 0 Å². The van der Waals surface area contributed by atoms with Crippen LogP contribution in [0.4, 0.5) is 19.4 Å². The SMILES string of the molecule is CN(C(=O)Oc1ccc(F)cc1)[C@@H]1CN(C(=O)C2CCN(c3ccc(F)cn3)CC2)C[C@H]1c1ccc(Cl)cc1. The van der Waals surface area contributed by atoms with Crippen molar-refractivity contribution in [1.82, 2.24) is 14.8 Å². The van der Waals surface area contributed by atoms with E-state index in [2.05, 4.69) is 9.88 Å². The smallest absolute Gasteiger partial charge is 0.410 e. The van der Waals surface area contributed by atoms with E-state index < -0.39 is 11.9 Å². The van der Waals surface area contributed by atoms with Crippen LogP contribution >= 0.6 is 11.6 Å². The highest BCUT2D eigenvalue weighted by atomic mass is 35.5. The summed E-state index contributed by atoms with van der Waals surface area (Å²) in [6, 6.07) is 15.4. The van der Waals surface area contributed by atoms with E-state index in [0.717, 1.165) is 5.56 Å². The first kappa shape index (κ1) is 26.9. The minimum Gasteiger partial charge on any atom is -0.410 e. The van der Waals surface area contributed by atoms with Crippen molar-refractivity contribution >= 4 is 29.4 Å². The molecule has 0 unspecified atom stereocenters. The van der Waals surface area contributed by atoms with Crippen molar-refractivity contribution in [3.63, 3.8) is 0 Å². The number of aromatic nitrogens is 1. The number of carbonyl (C=O) groups excluding carboxylic acids is 2. The van der Waals surface area contributed by atoms with Gasteiger partial charge in [0.25, 0.3) is 0 Å². The van der Waals surface area contributed by atoms with E-state index in [1.54, 1.807) is 25.2 Å². The molecule has 2 aliphatic heterocycles. The van der Waals surface area contributed by atoms with Gasteiger partial charge in [0.2, 0.25) is 5.91 Å². The molecule has 0 radical (unpaired) electrons. The molecule has 0 saturated carbocycles. The predicted octanol–water partition coefficient (Wildman–Crippen LogP) is 5.36. The standard InChI is InChI=1S/C29H29ClF2N4O3/c1-34(29(38)39-24-9-6-22(31)7-10-24)26-18-36(17-25(26)19-2-4-21(30)5-3-19)28(37)20-12-14-35(15-13-20)27-11-8-23(32)16-33-27/h2-11,16,20,25-26H,12-15,17-18H2,1H3/t25-,26+/m0/s1. The number of piperidine rings is 1. The lowest BCUT2D eigenvalue weighted by molar-refractivity contribution is -0.135. The van der Waals surface area contributed by atoms with Gasteiger partial charge in [0.05, 0.1) is 12.2 Å². The molecule has 7 nitrogen and oxygen atoms in total. The molecular formula is C29H29ClF2N4O3. The number of ether oxygens (including phenoxy) is 1. The number of rotatable bonds is 5. The molecule has 39 heavy (non-hydrogen) atoms. The molecule has 2 atom stereocenters. The third-order valence-corrected chi connectivity index (χ3v) is 7.84. The Morgan fingerprint density at radius 2 is 1.62 bits per heavy atom. The molecule has 0 bridgehead atoms. The summed E-state index contributed by atoms with van der Waals surface area (Å²) < 4.78 is 32.0. The van der Waals surface area contributed by atoms with Crippen LogP contribution in [0.25, 0.3) is 0 Å². The number of carbonyl (C=O) groups is 2. The minimum absolute atomic E-state index is 0.0588. The van der Waals surface area contributed by atoms with Gasteiger partial charge in [-0.1, -0.05) is 23.7 Å². The highest BCUT2D eigenvalue weighted by molar-refractivity contribution is 6.30. The van der Waals surface area contributed by atoms with Crippen LogP contribution in [-0.4, -0.2) is 66.1 Å². The maximum absolute atomic E-state index is 13.6. The average Bonchev–Trinajstić information content (AvgIpc) is 3.40. The van der Waals surface area contributed by atoms with E-state index in [1.807, 2.05) is 17.0 Å². The molecule has 10 heteroatoms. The summed E-state index contributed by atoms with van der Waals surface area (Å²) in [6.07, 6.45) is 1.94. The third-order valence-electron chi connectivity index (χ3n) is 7.58. The van der Waals surface area contributed by atoms with Crippen molar-refractivity contribution in [1.29, 1.82) is 0 Å². The van der Waals surface area contributed by atoms with Gasteiger partial charge in [-0.3, -0.25) is 4.79 Å². The molecule has 0 spiro atoms. The monoisotopic (exact) mass is 554 g/mol. The highest BCUT2D eigenvalue weighted by Gasteiger charge is 2.42. The average molecular weight is 555 g/mol. The summed E-state index contributed by atoms with van der Waals surface area (Å²) in [5.74, 6) is -0.0890. The van der Waals surface area contributed by atoms with E-state index in [-0.39, 0.29) is 35.4 Å². The van der Waals surface area contributed by atoms with Crippen molar-refractivity contribution < 1.29 is 23.1 Å². The number of amides is 2. The second-order valence-electron chi connectivity index (χ2n) is 10.00. The van der Waals surface area contributed by atoms with Gasteiger partial charge in [-0.2, -0.15) is 0 Å². The van der Waals surface area contributed by atoms with Gasteiger partial charge in [0.15, 0.2) is 0 Å². The molecule has 204 valence electrons. The maximum Gasteiger partial charge on any atom is 0.415 e. The highest BCUT2D eigenvalue weighted by Crippen LogP contribution is 2.34. The molecule has 1 aromatic heterocycles. The Bertz CT molecular complexity index is 1300. The van der Waals surface area contributed by atoms with Crippen molar-refractivity contribution in [2.24, 2.45) is 5.92 Å². The van der Waals surface area contributed by atoms with Crippen LogP contribution in [0, 0.1) is 17.6 Å². The normalized spacial score (nSPS) is 19.7. The van der Waals surface area contributed by atoms with Crippen LogP contribution in [0.5, 0.6) is 5.75 Å². The number of halogens is 3. The van der Waals surface area contributed by atoms with Gasteiger partial charge in [-0.15, -0.1) is 0 Å². The fourth-order valence-electron chi connectivity index (χ4n) is 5.38. The Hall–Kier alpha value is -3.72. The van der Waals surface area contributed by atoms with Gasteiger partial charge in [0, 0.05) is 50.1 Å². The van der Waals surface area contributed by atoms with Gasteiger partial charge >= 0.3 is 6.09 Å². The molecule has 2 saturated heterocycles. The van der Waals surface area contributed by atoms with Crippen LogP contribution in [0.3, 0.4) is 0 Å². The summed E-state index contributed by atoms with van der Waals surface area (Å²) in [7, 11) is 1.65. The van der Waals surface area contributed by atoms with Gasteiger partial charge in [-0.05, 0) is 66.9 Å². The quantitative estimate of drug-likeness (QED) is 0.425. The van der Waals surface area contributed by atoms with Crippen molar-refractivity contribution in [2.75, 3.05) is 38.1 Å². The molecule has 2 aliphatic rings. The van der Waals surface area contributed by atoms with Crippen LogP contribution < -0.4 is 9.64 Å². The number of anilines is 1. The second-order valence-corrected chi connectivity index (χ2v) is 10.4. The first-order valence-corrected chi connectivity index (χ1v) is 13.3. The van der Waals surface area contributed by atoms with E-state index in [9.17, 15) is 18.4 Å². The number of benzene rings is 2. The Balaban J connectivity index is 1.28. The zero-order chi connectivity index (χ0) is 27.5. The van der Waals surface area contributed by atoms with Gasteiger partial charge in [0.1, 0.15) is 23.2 Å². The fraction of sp³-hybridized carbons (Fsp3) is 0.345. The summed E-state index contributed by atoms with van der Waals surface area (Å²) >= 11 is 6.11. The number of pyridine rings is 1. The number of hydrogen-bond acceptors (Lipinski definition) is 5. The van der Waals surface area contributed by atoms with E-state index in [1.165, 1.54) is 41.4 Å². The second kappa shape index (κ2) is 11.6. The Morgan fingerprint density at radius 1 is 0.949 bits per heavy atom. The van der Waals surface area contributed by atoms with E-state index in [4.69, 9.17) is 16.3 Å². The molecule has 2 amide bonds. The third kappa shape index (κ3) is 6.14. The molecular weight excluding hydrogens is 526 g/mol. The lowest BCUT2D eigenvalue weighted by atomic mass is 9.93. The van der Waals surface area contributed by atoms with Crippen molar-refractivity contribution in [2.45, 2.75) is 24.8 Å².